The maximum atomic E-state index is 13.6. The lowest BCUT2D eigenvalue weighted by Gasteiger charge is -2.29. The first-order valence-corrected chi connectivity index (χ1v) is 10.6. The molecule has 0 spiro atoms. The average molecular weight is 425 g/mol. The van der Waals surface area contributed by atoms with E-state index in [4.69, 9.17) is 4.74 Å². The number of nitrogens with zero attached hydrogens (tertiary/aromatic N) is 1. The van der Waals surface area contributed by atoms with Crippen molar-refractivity contribution >= 4 is 17.8 Å². The van der Waals surface area contributed by atoms with Crippen LogP contribution in [0, 0.1) is 17.7 Å². The molecular formula is C24H26FN2O4+. The van der Waals surface area contributed by atoms with Crippen molar-refractivity contribution in [1.82, 2.24) is 4.90 Å². The highest BCUT2D eigenvalue weighted by Crippen LogP contribution is 2.45. The van der Waals surface area contributed by atoms with Crippen LogP contribution in [0.2, 0.25) is 0 Å². The predicted molar refractivity (Wildman–Crippen MR) is 110 cm³/mol. The van der Waals surface area contributed by atoms with Gasteiger partial charge in [-0.3, -0.25) is 14.5 Å². The van der Waals surface area contributed by atoms with Crippen LogP contribution >= 0.6 is 0 Å². The van der Waals surface area contributed by atoms with Crippen LogP contribution in [-0.4, -0.2) is 41.4 Å². The molecule has 2 fully saturated rings. The van der Waals surface area contributed by atoms with Gasteiger partial charge in [0.1, 0.15) is 23.7 Å². The maximum absolute atomic E-state index is 13.6. The van der Waals surface area contributed by atoms with Gasteiger partial charge in [-0.05, 0) is 31.5 Å². The van der Waals surface area contributed by atoms with E-state index in [9.17, 15) is 18.8 Å². The van der Waals surface area contributed by atoms with E-state index in [1.54, 1.807) is 26.0 Å². The van der Waals surface area contributed by atoms with Crippen molar-refractivity contribution < 1.29 is 28.8 Å². The molecule has 4 atom stereocenters. The molecule has 0 saturated carbocycles. The van der Waals surface area contributed by atoms with E-state index < -0.39 is 29.4 Å². The lowest BCUT2D eigenvalue weighted by Crippen LogP contribution is -2.98. The third kappa shape index (κ3) is 3.43. The van der Waals surface area contributed by atoms with Gasteiger partial charge in [0, 0.05) is 18.5 Å². The molecule has 0 radical (unpaired) electrons. The summed E-state index contributed by atoms with van der Waals surface area (Å²) in [6.07, 6.45) is 0.252. The highest BCUT2D eigenvalue weighted by Gasteiger charge is 2.72. The van der Waals surface area contributed by atoms with E-state index in [0.717, 1.165) is 5.56 Å². The number of nitrogens with two attached hydrogens (primary N) is 1. The summed E-state index contributed by atoms with van der Waals surface area (Å²) in [4.78, 5) is 41.3. The Hall–Kier alpha value is -3.06. The third-order valence-electron chi connectivity index (χ3n) is 6.43. The van der Waals surface area contributed by atoms with E-state index in [2.05, 4.69) is 0 Å². The minimum Gasteiger partial charge on any atom is -0.461 e. The molecule has 4 rings (SSSR count). The minimum absolute atomic E-state index is 0.168. The Balaban J connectivity index is 1.86. The normalized spacial score (nSPS) is 27.5. The number of benzene rings is 2. The number of halogens is 1. The Morgan fingerprint density at radius 1 is 1.06 bits per heavy atom. The molecule has 162 valence electrons. The Kier molecular flexibility index (Phi) is 5.62. The third-order valence-corrected chi connectivity index (χ3v) is 6.43. The summed E-state index contributed by atoms with van der Waals surface area (Å²) < 4.78 is 19.0. The molecule has 31 heavy (non-hydrogen) atoms. The maximum Gasteiger partial charge on any atom is 0.369 e. The van der Waals surface area contributed by atoms with E-state index >= 15 is 0 Å². The summed E-state index contributed by atoms with van der Waals surface area (Å²) in [6.45, 7) is 3.88. The number of carbonyl (C=O) groups is 3. The summed E-state index contributed by atoms with van der Waals surface area (Å²) in [5.74, 6) is -3.09. The zero-order valence-corrected chi connectivity index (χ0v) is 17.6. The number of carbonyl (C=O) groups excluding carboxylic acids is 3. The van der Waals surface area contributed by atoms with Gasteiger partial charge < -0.3 is 10.1 Å². The molecule has 0 bridgehead atoms. The highest BCUT2D eigenvalue weighted by molar-refractivity contribution is 6.08. The van der Waals surface area contributed by atoms with Crippen molar-refractivity contribution in [2.75, 3.05) is 13.2 Å². The SMILES string of the molecule is CCOC(=O)[C@]1(Cc2ccccc2)[NH2+][C@@H](c2ccc(F)cc2)[C@H]2C(=O)N(CC)C(=O)[C@H]21. The van der Waals surface area contributed by atoms with E-state index in [-0.39, 0.29) is 37.2 Å². The number of ether oxygens (including phenoxy) is 1. The molecule has 0 unspecified atom stereocenters. The smallest absolute Gasteiger partial charge is 0.369 e. The number of hydrogen-bond acceptors (Lipinski definition) is 4. The van der Waals surface area contributed by atoms with Gasteiger partial charge in [0.25, 0.3) is 0 Å². The number of esters is 1. The van der Waals surface area contributed by atoms with E-state index in [1.807, 2.05) is 35.6 Å². The summed E-state index contributed by atoms with van der Waals surface area (Å²) in [5.41, 5.74) is 0.299. The van der Waals surface area contributed by atoms with Crippen LogP contribution < -0.4 is 5.32 Å². The van der Waals surface area contributed by atoms with Gasteiger partial charge in [-0.1, -0.05) is 42.5 Å². The number of imide groups is 1. The standard InChI is InChI=1S/C24H25FN2O4/c1-3-27-21(28)18-19(22(27)29)24(23(30)31-4-2,14-15-8-6-5-7-9-15)26-20(18)16-10-12-17(25)13-11-16/h5-13,18-20,26H,3-4,14H2,1-2H3/p+1/t18-,19-,20-,24+/m0/s1. The van der Waals surface area contributed by atoms with Crippen molar-refractivity contribution in [3.05, 3.63) is 71.5 Å². The van der Waals surface area contributed by atoms with Crippen LogP contribution in [0.5, 0.6) is 0 Å². The molecule has 7 heteroatoms. The molecule has 2 aromatic carbocycles. The van der Waals surface area contributed by atoms with Crippen molar-refractivity contribution in [1.29, 1.82) is 0 Å². The Labute approximate surface area is 180 Å². The van der Waals surface area contributed by atoms with E-state index in [0.29, 0.717) is 5.56 Å². The number of fused-ring (bicyclic) bond motifs is 1. The lowest BCUT2D eigenvalue weighted by molar-refractivity contribution is -0.734. The minimum atomic E-state index is -1.28. The summed E-state index contributed by atoms with van der Waals surface area (Å²) >= 11 is 0. The van der Waals surface area contributed by atoms with Crippen LogP contribution in [0.15, 0.2) is 54.6 Å². The Morgan fingerprint density at radius 3 is 2.35 bits per heavy atom. The highest BCUT2D eigenvalue weighted by atomic mass is 19.1. The monoisotopic (exact) mass is 425 g/mol. The Morgan fingerprint density at radius 2 is 1.74 bits per heavy atom. The fourth-order valence-corrected chi connectivity index (χ4v) is 5.12. The number of quaternary nitrogens is 1. The van der Waals surface area contributed by atoms with Crippen molar-refractivity contribution in [3.63, 3.8) is 0 Å². The van der Waals surface area contributed by atoms with Crippen molar-refractivity contribution in [3.8, 4) is 0 Å². The zero-order chi connectivity index (χ0) is 22.2. The van der Waals surface area contributed by atoms with Gasteiger partial charge in [0.05, 0.1) is 6.61 Å². The number of hydrogen-bond donors (Lipinski definition) is 1. The van der Waals surface area contributed by atoms with Crippen LogP contribution in [0.3, 0.4) is 0 Å². The van der Waals surface area contributed by atoms with Gasteiger partial charge in [0.2, 0.25) is 17.4 Å². The van der Waals surface area contributed by atoms with Gasteiger partial charge >= 0.3 is 5.97 Å². The molecule has 2 aliphatic heterocycles. The molecule has 2 aliphatic rings. The van der Waals surface area contributed by atoms with Crippen LogP contribution in [-0.2, 0) is 25.5 Å². The first-order chi connectivity index (χ1) is 14.9. The summed E-state index contributed by atoms with van der Waals surface area (Å²) in [5, 5.41) is 1.81. The molecule has 2 heterocycles. The fourth-order valence-electron chi connectivity index (χ4n) is 5.12. The van der Waals surface area contributed by atoms with E-state index in [1.165, 1.54) is 17.0 Å². The lowest BCUT2D eigenvalue weighted by atomic mass is 9.76. The average Bonchev–Trinajstić information content (AvgIpc) is 3.24. The predicted octanol–water partition coefficient (Wildman–Crippen LogP) is 1.61. The van der Waals surface area contributed by atoms with Crippen LogP contribution in [0.1, 0.15) is 31.0 Å². The molecule has 2 aromatic rings. The first-order valence-electron chi connectivity index (χ1n) is 10.6. The quantitative estimate of drug-likeness (QED) is 0.563. The number of rotatable bonds is 6. The van der Waals surface area contributed by atoms with Crippen molar-refractivity contribution in [2.45, 2.75) is 31.8 Å². The zero-order valence-electron chi connectivity index (χ0n) is 17.6. The second-order valence-electron chi connectivity index (χ2n) is 8.09. The molecular weight excluding hydrogens is 399 g/mol. The molecule has 2 amide bonds. The van der Waals surface area contributed by atoms with Crippen molar-refractivity contribution in [2.24, 2.45) is 11.8 Å². The number of likely N-dealkylation sites (tertiary alicyclic amines) is 1. The van der Waals surface area contributed by atoms with Gasteiger partial charge in [-0.2, -0.15) is 0 Å². The molecule has 2 saturated heterocycles. The molecule has 0 aliphatic carbocycles. The number of amides is 2. The summed E-state index contributed by atoms with van der Waals surface area (Å²) in [6, 6.07) is 14.8. The summed E-state index contributed by atoms with van der Waals surface area (Å²) in [7, 11) is 0. The molecule has 0 aromatic heterocycles. The second kappa shape index (κ2) is 8.23. The van der Waals surface area contributed by atoms with Crippen LogP contribution in [0.4, 0.5) is 4.39 Å². The van der Waals surface area contributed by atoms with Gasteiger partial charge in [-0.15, -0.1) is 0 Å². The van der Waals surface area contributed by atoms with Crippen LogP contribution in [0.25, 0.3) is 0 Å². The Bertz CT molecular complexity index is 994. The van der Waals surface area contributed by atoms with Gasteiger partial charge in [0.15, 0.2) is 0 Å². The molecule has 6 nitrogen and oxygen atoms in total. The fraction of sp³-hybridized carbons (Fsp3) is 0.375. The molecule has 2 N–H and O–H groups in total. The topological polar surface area (TPSA) is 80.3 Å². The first kappa shape index (κ1) is 21.2. The van der Waals surface area contributed by atoms with Gasteiger partial charge in [-0.25, -0.2) is 9.18 Å². The largest absolute Gasteiger partial charge is 0.461 e. The second-order valence-corrected chi connectivity index (χ2v) is 8.09.